The minimum atomic E-state index is 0.0739. The van der Waals surface area contributed by atoms with Crippen LogP contribution in [0.2, 0.25) is 0 Å². The van der Waals surface area contributed by atoms with Crippen molar-refractivity contribution < 1.29 is 9.37 Å². The second-order valence-corrected chi connectivity index (χ2v) is 7.11. The Balaban J connectivity index is 1.48. The first-order valence-electron chi connectivity index (χ1n) is 9.27. The number of aryl methyl sites for hydroxylation is 1. The fraction of sp³-hybridized carbons (Fsp3) is 0.474. The average molecular weight is 368 g/mol. The molecule has 8 heteroatoms. The SMILES string of the molecule is Cc1nonc1CN1CCN(c2ccc3ncnc(OC(C)C)c3c2)CC1. The number of piperazine rings is 1. The van der Waals surface area contributed by atoms with Gasteiger partial charge >= 0.3 is 0 Å². The van der Waals surface area contributed by atoms with Crippen LogP contribution in [-0.4, -0.2) is 57.5 Å². The van der Waals surface area contributed by atoms with Crippen LogP contribution >= 0.6 is 0 Å². The van der Waals surface area contributed by atoms with E-state index in [1.807, 2.05) is 26.8 Å². The Labute approximate surface area is 158 Å². The number of rotatable bonds is 5. The van der Waals surface area contributed by atoms with Crippen LogP contribution in [0, 0.1) is 6.92 Å². The molecule has 27 heavy (non-hydrogen) atoms. The van der Waals surface area contributed by atoms with Crippen molar-refractivity contribution in [3.63, 3.8) is 0 Å². The third kappa shape index (κ3) is 3.85. The molecular weight excluding hydrogens is 344 g/mol. The van der Waals surface area contributed by atoms with Gasteiger partial charge in [-0.05, 0) is 39.0 Å². The van der Waals surface area contributed by atoms with Crippen molar-refractivity contribution in [2.24, 2.45) is 0 Å². The third-order valence-corrected chi connectivity index (χ3v) is 4.79. The molecule has 0 aliphatic carbocycles. The van der Waals surface area contributed by atoms with Crippen LogP contribution in [0.3, 0.4) is 0 Å². The van der Waals surface area contributed by atoms with E-state index in [1.165, 1.54) is 5.69 Å². The van der Waals surface area contributed by atoms with E-state index >= 15 is 0 Å². The van der Waals surface area contributed by atoms with Crippen LogP contribution in [0.1, 0.15) is 25.2 Å². The van der Waals surface area contributed by atoms with E-state index in [0.29, 0.717) is 5.88 Å². The molecule has 3 heterocycles. The van der Waals surface area contributed by atoms with Gasteiger partial charge in [-0.2, -0.15) is 0 Å². The molecule has 1 saturated heterocycles. The van der Waals surface area contributed by atoms with Gasteiger partial charge in [0.2, 0.25) is 5.88 Å². The number of ether oxygens (including phenoxy) is 1. The van der Waals surface area contributed by atoms with Gasteiger partial charge in [0.25, 0.3) is 0 Å². The van der Waals surface area contributed by atoms with Gasteiger partial charge in [0.1, 0.15) is 17.7 Å². The van der Waals surface area contributed by atoms with Crippen LogP contribution in [0.5, 0.6) is 5.88 Å². The van der Waals surface area contributed by atoms with Gasteiger partial charge in [-0.15, -0.1) is 0 Å². The normalized spacial score (nSPS) is 15.6. The maximum atomic E-state index is 5.86. The molecule has 0 bridgehead atoms. The van der Waals surface area contributed by atoms with Crippen molar-refractivity contribution in [1.82, 2.24) is 25.2 Å². The van der Waals surface area contributed by atoms with E-state index in [-0.39, 0.29) is 6.10 Å². The van der Waals surface area contributed by atoms with Crippen LogP contribution in [-0.2, 0) is 6.54 Å². The smallest absolute Gasteiger partial charge is 0.224 e. The van der Waals surface area contributed by atoms with Crippen LogP contribution in [0.25, 0.3) is 10.9 Å². The first-order chi connectivity index (χ1) is 13.1. The molecule has 1 aliphatic rings. The lowest BCUT2D eigenvalue weighted by Gasteiger charge is -2.35. The summed E-state index contributed by atoms with van der Waals surface area (Å²) in [7, 11) is 0. The highest BCUT2D eigenvalue weighted by Gasteiger charge is 2.20. The molecule has 8 nitrogen and oxygen atoms in total. The molecule has 1 aromatic carbocycles. The zero-order chi connectivity index (χ0) is 18.8. The summed E-state index contributed by atoms with van der Waals surface area (Å²) in [6, 6.07) is 6.29. The second-order valence-electron chi connectivity index (χ2n) is 7.11. The van der Waals surface area contributed by atoms with Crippen molar-refractivity contribution >= 4 is 16.6 Å². The Kier molecular flexibility index (Phi) is 4.89. The fourth-order valence-electron chi connectivity index (χ4n) is 3.30. The van der Waals surface area contributed by atoms with Crippen molar-refractivity contribution in [1.29, 1.82) is 0 Å². The van der Waals surface area contributed by atoms with Crippen LogP contribution < -0.4 is 9.64 Å². The zero-order valence-electron chi connectivity index (χ0n) is 15.9. The first kappa shape index (κ1) is 17.7. The molecular formula is C19H24N6O2. The van der Waals surface area contributed by atoms with Crippen LogP contribution in [0.4, 0.5) is 5.69 Å². The topological polar surface area (TPSA) is 80.4 Å². The zero-order valence-corrected chi connectivity index (χ0v) is 15.9. The van der Waals surface area contributed by atoms with Gasteiger partial charge in [0, 0.05) is 38.4 Å². The molecule has 0 amide bonds. The highest BCUT2D eigenvalue weighted by Crippen LogP contribution is 2.28. The fourth-order valence-corrected chi connectivity index (χ4v) is 3.30. The van der Waals surface area contributed by atoms with Gasteiger partial charge in [-0.25, -0.2) is 14.6 Å². The summed E-state index contributed by atoms with van der Waals surface area (Å²) >= 11 is 0. The van der Waals surface area contributed by atoms with Crippen molar-refractivity contribution in [2.45, 2.75) is 33.4 Å². The van der Waals surface area contributed by atoms with E-state index in [4.69, 9.17) is 9.37 Å². The van der Waals surface area contributed by atoms with Gasteiger partial charge in [-0.3, -0.25) is 4.90 Å². The van der Waals surface area contributed by atoms with Crippen molar-refractivity contribution in [3.8, 4) is 5.88 Å². The van der Waals surface area contributed by atoms with Crippen molar-refractivity contribution in [2.75, 3.05) is 31.1 Å². The number of hydrogen-bond acceptors (Lipinski definition) is 8. The van der Waals surface area contributed by atoms with Gasteiger partial charge in [0.15, 0.2) is 0 Å². The molecule has 0 radical (unpaired) electrons. The summed E-state index contributed by atoms with van der Waals surface area (Å²) in [5.74, 6) is 0.643. The molecule has 1 fully saturated rings. The third-order valence-electron chi connectivity index (χ3n) is 4.79. The summed E-state index contributed by atoms with van der Waals surface area (Å²) in [5.41, 5.74) is 3.85. The minimum absolute atomic E-state index is 0.0739. The number of nitrogens with zero attached hydrogens (tertiary/aromatic N) is 6. The molecule has 4 rings (SSSR count). The molecule has 3 aromatic rings. The highest BCUT2D eigenvalue weighted by molar-refractivity contribution is 5.86. The Bertz CT molecular complexity index is 917. The van der Waals surface area contributed by atoms with Crippen LogP contribution in [0.15, 0.2) is 29.2 Å². The molecule has 2 aromatic heterocycles. The first-order valence-corrected chi connectivity index (χ1v) is 9.27. The monoisotopic (exact) mass is 368 g/mol. The molecule has 0 atom stereocenters. The number of anilines is 1. The van der Waals surface area contributed by atoms with E-state index in [9.17, 15) is 0 Å². The molecule has 0 N–H and O–H groups in total. The van der Waals surface area contributed by atoms with E-state index in [1.54, 1.807) is 6.33 Å². The lowest BCUT2D eigenvalue weighted by molar-refractivity contribution is 0.235. The Morgan fingerprint density at radius 2 is 1.93 bits per heavy atom. The average Bonchev–Trinajstić information content (AvgIpc) is 3.07. The molecule has 1 aliphatic heterocycles. The summed E-state index contributed by atoms with van der Waals surface area (Å²) in [4.78, 5) is 13.4. The maximum Gasteiger partial charge on any atom is 0.224 e. The number of fused-ring (bicyclic) bond motifs is 1. The van der Waals surface area contributed by atoms with Gasteiger partial charge in [0.05, 0.1) is 17.0 Å². The molecule has 0 unspecified atom stereocenters. The maximum absolute atomic E-state index is 5.86. The predicted molar refractivity (Wildman–Crippen MR) is 102 cm³/mol. The van der Waals surface area contributed by atoms with Gasteiger partial charge in [-0.1, -0.05) is 10.3 Å². The lowest BCUT2D eigenvalue weighted by atomic mass is 10.1. The molecule has 0 saturated carbocycles. The van der Waals surface area contributed by atoms with Gasteiger partial charge < -0.3 is 9.64 Å². The number of benzene rings is 1. The molecule has 0 spiro atoms. The minimum Gasteiger partial charge on any atom is -0.474 e. The van der Waals surface area contributed by atoms with E-state index in [2.05, 4.69) is 42.2 Å². The summed E-state index contributed by atoms with van der Waals surface area (Å²) in [5, 5.41) is 8.79. The predicted octanol–water partition coefficient (Wildman–Crippen LogP) is 2.43. The largest absolute Gasteiger partial charge is 0.474 e. The number of hydrogen-bond donors (Lipinski definition) is 0. The lowest BCUT2D eigenvalue weighted by Crippen LogP contribution is -2.46. The summed E-state index contributed by atoms with van der Waals surface area (Å²) < 4.78 is 10.7. The standard InChI is InChI=1S/C19H24N6O2/c1-13(2)26-19-16-10-15(4-5-17(16)20-12-21-19)25-8-6-24(7-9-25)11-18-14(3)22-27-23-18/h4-5,10,12-13H,6-9,11H2,1-3H3. The Hall–Kier alpha value is -2.74. The quantitative estimate of drug-likeness (QED) is 0.679. The van der Waals surface area contributed by atoms with Crippen molar-refractivity contribution in [3.05, 3.63) is 35.9 Å². The highest BCUT2D eigenvalue weighted by atomic mass is 16.6. The van der Waals surface area contributed by atoms with E-state index < -0.39 is 0 Å². The Morgan fingerprint density at radius 3 is 2.63 bits per heavy atom. The summed E-state index contributed by atoms with van der Waals surface area (Å²) in [6.07, 6.45) is 1.63. The van der Waals surface area contributed by atoms with E-state index in [0.717, 1.165) is 55.0 Å². The number of aromatic nitrogens is 4. The Morgan fingerprint density at radius 1 is 1.11 bits per heavy atom. The second kappa shape index (κ2) is 7.48. The molecule has 142 valence electrons. The summed E-state index contributed by atoms with van der Waals surface area (Å²) in [6.45, 7) is 10.5.